The number of carbonyl (C=O) groups excluding carboxylic acids is 4. The second-order valence-corrected chi connectivity index (χ2v) is 4.84. The number of rotatable bonds is 2. The third-order valence-electron chi connectivity index (χ3n) is 3.54. The summed E-state index contributed by atoms with van der Waals surface area (Å²) < 4.78 is 0. The van der Waals surface area contributed by atoms with Crippen LogP contribution in [0.5, 0.6) is 0 Å². The Kier molecular flexibility index (Phi) is 3.45. The molecule has 0 bridgehead atoms. The van der Waals surface area contributed by atoms with Crippen molar-refractivity contribution in [2.24, 2.45) is 5.92 Å². The minimum atomic E-state index is -1.36. The molecule has 0 spiro atoms. The quantitative estimate of drug-likeness (QED) is 0.729. The first-order valence-corrected chi connectivity index (χ1v) is 6.20. The van der Waals surface area contributed by atoms with Gasteiger partial charge in [-0.3, -0.25) is 24.6 Å². The predicted molar refractivity (Wildman–Crippen MR) is 61.4 cm³/mol. The number of hydrogen-bond acceptors (Lipinski definition) is 4. The maximum Gasteiger partial charge on any atom is 0.331 e. The van der Waals surface area contributed by atoms with Crippen LogP contribution in [0, 0.1) is 5.92 Å². The van der Waals surface area contributed by atoms with Gasteiger partial charge in [0.2, 0.25) is 5.91 Å². The molecule has 0 radical (unpaired) electrons. The monoisotopic (exact) mass is 252 g/mol. The van der Waals surface area contributed by atoms with Crippen LogP contribution in [-0.4, -0.2) is 34.6 Å². The molecule has 1 saturated heterocycles. The van der Waals surface area contributed by atoms with Gasteiger partial charge < -0.3 is 0 Å². The minimum Gasteiger partial charge on any atom is -0.299 e. The fraction of sp³-hybridized carbons (Fsp3) is 0.667. The van der Waals surface area contributed by atoms with E-state index < -0.39 is 29.5 Å². The average molecular weight is 252 g/mol. The summed E-state index contributed by atoms with van der Waals surface area (Å²) in [6, 6.07) is -0.865. The van der Waals surface area contributed by atoms with Crippen LogP contribution < -0.4 is 5.32 Å². The number of Topliss-reactive ketones (excluding diaryl/α,β-unsaturated/α-hetero) is 1. The van der Waals surface area contributed by atoms with Crippen molar-refractivity contribution >= 4 is 23.6 Å². The highest BCUT2D eigenvalue weighted by molar-refractivity contribution is 6.26. The van der Waals surface area contributed by atoms with E-state index in [2.05, 4.69) is 5.32 Å². The largest absolute Gasteiger partial charge is 0.331 e. The highest BCUT2D eigenvalue weighted by atomic mass is 16.2. The van der Waals surface area contributed by atoms with Crippen molar-refractivity contribution in [1.29, 1.82) is 0 Å². The Morgan fingerprint density at radius 2 is 1.78 bits per heavy atom. The Hall–Kier alpha value is -1.72. The number of nitrogens with zero attached hydrogens (tertiary/aromatic N) is 1. The van der Waals surface area contributed by atoms with Crippen molar-refractivity contribution in [3.05, 3.63) is 0 Å². The van der Waals surface area contributed by atoms with E-state index in [1.54, 1.807) is 0 Å². The zero-order chi connectivity index (χ0) is 13.3. The van der Waals surface area contributed by atoms with E-state index in [0.29, 0.717) is 0 Å². The van der Waals surface area contributed by atoms with Gasteiger partial charge in [0.1, 0.15) is 0 Å². The summed E-state index contributed by atoms with van der Waals surface area (Å²) >= 11 is 0. The summed E-state index contributed by atoms with van der Waals surface area (Å²) in [7, 11) is 0. The molecule has 2 rings (SSSR count). The molecule has 1 atom stereocenters. The first kappa shape index (κ1) is 12.7. The number of nitrogens with one attached hydrogen (secondary N) is 1. The molecule has 1 N–H and O–H groups in total. The van der Waals surface area contributed by atoms with E-state index in [-0.39, 0.29) is 6.04 Å². The summed E-state index contributed by atoms with van der Waals surface area (Å²) in [5.41, 5.74) is 0. The second-order valence-electron chi connectivity index (χ2n) is 4.84. The molecular formula is C12H16N2O4. The molecule has 6 heteroatoms. The highest BCUT2D eigenvalue weighted by Crippen LogP contribution is 2.25. The molecule has 2 aliphatic rings. The maximum absolute atomic E-state index is 12.1. The van der Waals surface area contributed by atoms with Crippen LogP contribution in [0.4, 0.5) is 4.79 Å². The lowest BCUT2D eigenvalue weighted by Crippen LogP contribution is -2.62. The smallest absolute Gasteiger partial charge is 0.299 e. The van der Waals surface area contributed by atoms with Crippen molar-refractivity contribution in [2.75, 3.05) is 0 Å². The Morgan fingerprint density at radius 1 is 1.17 bits per heavy atom. The first-order chi connectivity index (χ1) is 8.52. The van der Waals surface area contributed by atoms with Gasteiger partial charge in [-0.25, -0.2) is 4.79 Å². The number of ketones is 1. The number of amides is 4. The van der Waals surface area contributed by atoms with E-state index >= 15 is 0 Å². The van der Waals surface area contributed by atoms with Crippen molar-refractivity contribution in [1.82, 2.24) is 10.2 Å². The van der Waals surface area contributed by atoms with Crippen LogP contribution in [0.25, 0.3) is 0 Å². The number of imide groups is 2. The third-order valence-corrected chi connectivity index (χ3v) is 3.54. The van der Waals surface area contributed by atoms with Crippen molar-refractivity contribution in [3.8, 4) is 0 Å². The molecule has 0 aromatic carbocycles. The van der Waals surface area contributed by atoms with Gasteiger partial charge in [-0.1, -0.05) is 19.3 Å². The molecule has 0 aromatic rings. The summed E-state index contributed by atoms with van der Waals surface area (Å²) in [4.78, 5) is 47.8. The van der Waals surface area contributed by atoms with Crippen LogP contribution in [0.2, 0.25) is 0 Å². The van der Waals surface area contributed by atoms with Crippen LogP contribution in [-0.2, 0) is 14.4 Å². The fourth-order valence-electron chi connectivity index (χ4n) is 2.63. The van der Waals surface area contributed by atoms with E-state index in [1.165, 1.54) is 6.92 Å². The Balaban J connectivity index is 2.22. The lowest BCUT2D eigenvalue weighted by atomic mass is 9.91. The second kappa shape index (κ2) is 4.88. The standard InChI is InChI=1S/C12H16N2O4/c1-7(15)9-10(16)13-12(18)14(11(9)17)8-5-3-2-4-6-8/h8-9H,2-6H2,1H3,(H,13,16,18). The van der Waals surface area contributed by atoms with Crippen LogP contribution in [0.15, 0.2) is 0 Å². The van der Waals surface area contributed by atoms with Gasteiger partial charge in [0.25, 0.3) is 5.91 Å². The molecule has 18 heavy (non-hydrogen) atoms. The zero-order valence-electron chi connectivity index (χ0n) is 10.3. The molecule has 2 fully saturated rings. The molecular weight excluding hydrogens is 236 g/mol. The van der Waals surface area contributed by atoms with Crippen molar-refractivity contribution < 1.29 is 19.2 Å². The Bertz CT molecular complexity index is 412. The molecule has 4 amide bonds. The minimum absolute atomic E-state index is 0.179. The topological polar surface area (TPSA) is 83.6 Å². The molecule has 1 heterocycles. The van der Waals surface area contributed by atoms with Gasteiger partial charge in [0, 0.05) is 6.04 Å². The lowest BCUT2D eigenvalue weighted by molar-refractivity contribution is -0.148. The number of barbiturate groups is 1. The van der Waals surface area contributed by atoms with Gasteiger partial charge in [0.15, 0.2) is 11.7 Å². The summed E-state index contributed by atoms with van der Waals surface area (Å²) in [6.45, 7) is 1.19. The van der Waals surface area contributed by atoms with Gasteiger partial charge in [-0.05, 0) is 19.8 Å². The van der Waals surface area contributed by atoms with E-state index in [9.17, 15) is 19.2 Å². The molecule has 0 aromatic heterocycles. The van der Waals surface area contributed by atoms with Crippen LogP contribution in [0.1, 0.15) is 39.0 Å². The third kappa shape index (κ3) is 2.14. The van der Waals surface area contributed by atoms with Crippen molar-refractivity contribution in [2.45, 2.75) is 45.1 Å². The number of urea groups is 1. The highest BCUT2D eigenvalue weighted by Gasteiger charge is 2.45. The predicted octanol–water partition coefficient (Wildman–Crippen LogP) is 0.603. The summed E-state index contributed by atoms with van der Waals surface area (Å²) in [6.07, 6.45) is 4.51. The van der Waals surface area contributed by atoms with Gasteiger partial charge in [-0.2, -0.15) is 0 Å². The zero-order valence-corrected chi connectivity index (χ0v) is 10.3. The molecule has 1 aliphatic heterocycles. The SMILES string of the molecule is CC(=O)C1C(=O)NC(=O)N(C2CCCCC2)C1=O. The van der Waals surface area contributed by atoms with Gasteiger partial charge >= 0.3 is 6.03 Å². The van der Waals surface area contributed by atoms with Crippen molar-refractivity contribution in [3.63, 3.8) is 0 Å². The number of hydrogen-bond donors (Lipinski definition) is 1. The maximum atomic E-state index is 12.1. The Morgan fingerprint density at radius 3 is 2.33 bits per heavy atom. The fourth-order valence-corrected chi connectivity index (χ4v) is 2.63. The average Bonchev–Trinajstić information content (AvgIpc) is 2.28. The summed E-state index contributed by atoms with van der Waals surface area (Å²) in [5.74, 6) is -3.34. The molecule has 6 nitrogen and oxygen atoms in total. The van der Waals surface area contributed by atoms with Gasteiger partial charge in [0.05, 0.1) is 0 Å². The first-order valence-electron chi connectivity index (χ1n) is 6.20. The van der Waals surface area contributed by atoms with E-state index in [1.807, 2.05) is 0 Å². The van der Waals surface area contributed by atoms with E-state index in [0.717, 1.165) is 37.0 Å². The van der Waals surface area contributed by atoms with Gasteiger partial charge in [-0.15, -0.1) is 0 Å². The molecule has 1 unspecified atom stereocenters. The normalized spacial score (nSPS) is 26.2. The van der Waals surface area contributed by atoms with Crippen LogP contribution in [0.3, 0.4) is 0 Å². The lowest BCUT2D eigenvalue weighted by Gasteiger charge is -2.36. The summed E-state index contributed by atoms with van der Waals surface area (Å²) in [5, 5.41) is 2.09. The Labute approximate surface area is 105 Å². The van der Waals surface area contributed by atoms with Crippen LogP contribution >= 0.6 is 0 Å². The van der Waals surface area contributed by atoms with E-state index in [4.69, 9.17) is 0 Å². The number of carbonyl (C=O) groups is 4. The molecule has 1 saturated carbocycles. The molecule has 98 valence electrons. The molecule has 1 aliphatic carbocycles.